The topological polar surface area (TPSA) is 58.6 Å². The lowest BCUT2D eigenvalue weighted by molar-refractivity contribution is -0.139. The Morgan fingerprint density at radius 3 is 2.82 bits per heavy atom. The van der Waals surface area contributed by atoms with E-state index in [1.807, 2.05) is 6.92 Å². The van der Waals surface area contributed by atoms with Crippen molar-refractivity contribution in [2.75, 3.05) is 7.11 Å². The third-order valence-corrected chi connectivity index (χ3v) is 1.35. The molecule has 0 aliphatic heterocycles. The van der Waals surface area contributed by atoms with Gasteiger partial charge in [0.05, 0.1) is 6.04 Å². The van der Waals surface area contributed by atoms with Gasteiger partial charge in [-0.1, -0.05) is 13.3 Å². The standard InChI is InChI=1S/C6H14BNO3/c1-3-4-5(6(9)10)8-7-11-2/h5,7-8H,3-4H2,1-2H3,(H,9,10). The Hall–Kier alpha value is -0.545. The van der Waals surface area contributed by atoms with Crippen molar-refractivity contribution in [1.82, 2.24) is 5.23 Å². The van der Waals surface area contributed by atoms with Crippen LogP contribution in [0, 0.1) is 0 Å². The van der Waals surface area contributed by atoms with Crippen LogP contribution in [0.3, 0.4) is 0 Å². The molecule has 0 aromatic heterocycles. The zero-order valence-corrected chi connectivity index (χ0v) is 6.96. The summed E-state index contributed by atoms with van der Waals surface area (Å²) in [5.41, 5.74) is 0. The molecule has 0 bridgehead atoms. The molecule has 4 nitrogen and oxygen atoms in total. The van der Waals surface area contributed by atoms with Gasteiger partial charge in [0, 0.05) is 7.11 Å². The number of hydrogen-bond donors (Lipinski definition) is 2. The molecule has 64 valence electrons. The summed E-state index contributed by atoms with van der Waals surface area (Å²) < 4.78 is 4.69. The van der Waals surface area contributed by atoms with Crippen LogP contribution in [-0.2, 0) is 9.45 Å². The molecule has 1 atom stereocenters. The molecule has 0 aromatic rings. The number of carboxylic acid groups (broad SMARTS) is 1. The number of carboxylic acids is 1. The molecule has 0 saturated heterocycles. The Bertz CT molecular complexity index is 120. The van der Waals surface area contributed by atoms with E-state index in [0.717, 1.165) is 6.42 Å². The summed E-state index contributed by atoms with van der Waals surface area (Å²) >= 11 is 0. The number of hydrogen-bond acceptors (Lipinski definition) is 3. The Morgan fingerprint density at radius 1 is 1.82 bits per heavy atom. The highest BCUT2D eigenvalue weighted by Gasteiger charge is 2.14. The molecule has 0 heterocycles. The smallest absolute Gasteiger partial charge is 0.361 e. The predicted molar refractivity (Wildman–Crippen MR) is 43.6 cm³/mol. The maximum absolute atomic E-state index is 10.5. The second kappa shape index (κ2) is 6.18. The minimum atomic E-state index is -0.816. The fraction of sp³-hybridized carbons (Fsp3) is 0.833. The van der Waals surface area contributed by atoms with Crippen LogP contribution in [0.5, 0.6) is 0 Å². The van der Waals surface area contributed by atoms with Crippen molar-refractivity contribution in [2.24, 2.45) is 0 Å². The molecule has 0 aromatic carbocycles. The minimum Gasteiger partial charge on any atom is -0.480 e. The van der Waals surface area contributed by atoms with Crippen molar-refractivity contribution in [3.63, 3.8) is 0 Å². The van der Waals surface area contributed by atoms with Gasteiger partial charge >= 0.3 is 13.6 Å². The number of rotatable bonds is 6. The first kappa shape index (κ1) is 10.5. The van der Waals surface area contributed by atoms with Crippen molar-refractivity contribution in [2.45, 2.75) is 25.8 Å². The summed E-state index contributed by atoms with van der Waals surface area (Å²) in [5, 5.41) is 11.4. The quantitative estimate of drug-likeness (QED) is 0.524. The van der Waals surface area contributed by atoms with E-state index < -0.39 is 12.0 Å². The molecule has 0 saturated carbocycles. The van der Waals surface area contributed by atoms with Crippen molar-refractivity contribution in [3.05, 3.63) is 0 Å². The SMILES string of the molecule is CCCC(NBOC)C(=O)O. The first-order valence-electron chi connectivity index (χ1n) is 3.67. The maximum atomic E-state index is 10.5. The van der Waals surface area contributed by atoms with Gasteiger partial charge in [-0.25, -0.2) is 0 Å². The van der Waals surface area contributed by atoms with Crippen LogP contribution >= 0.6 is 0 Å². The molecule has 2 N–H and O–H groups in total. The lowest BCUT2D eigenvalue weighted by Gasteiger charge is -2.10. The minimum absolute atomic E-state index is 0.289. The Kier molecular flexibility index (Phi) is 5.88. The van der Waals surface area contributed by atoms with Crippen molar-refractivity contribution in [1.29, 1.82) is 0 Å². The molecule has 1 unspecified atom stereocenters. The zero-order chi connectivity index (χ0) is 8.69. The van der Waals surface area contributed by atoms with E-state index in [1.54, 1.807) is 0 Å². The van der Waals surface area contributed by atoms with Gasteiger partial charge in [0.15, 0.2) is 0 Å². The largest absolute Gasteiger partial charge is 0.480 e. The Labute approximate surface area is 67.2 Å². The molecule has 0 aliphatic carbocycles. The van der Waals surface area contributed by atoms with Crippen LogP contribution in [0.4, 0.5) is 0 Å². The van der Waals surface area contributed by atoms with Crippen LogP contribution in [0.2, 0.25) is 0 Å². The van der Waals surface area contributed by atoms with E-state index >= 15 is 0 Å². The van der Waals surface area contributed by atoms with Gasteiger partial charge in [0.1, 0.15) is 0 Å². The summed E-state index contributed by atoms with van der Waals surface area (Å²) in [5.74, 6) is -0.816. The number of aliphatic carboxylic acids is 1. The van der Waals surface area contributed by atoms with Gasteiger partial charge in [-0.2, -0.15) is 0 Å². The lowest BCUT2D eigenvalue weighted by atomic mass is 10.1. The van der Waals surface area contributed by atoms with Crippen molar-refractivity contribution >= 4 is 13.6 Å². The van der Waals surface area contributed by atoms with Crippen LogP contribution in [-0.4, -0.2) is 31.8 Å². The molecule has 5 heteroatoms. The van der Waals surface area contributed by atoms with E-state index in [9.17, 15) is 4.79 Å². The van der Waals surface area contributed by atoms with E-state index in [2.05, 4.69) is 5.23 Å². The van der Waals surface area contributed by atoms with Crippen LogP contribution in [0.25, 0.3) is 0 Å². The van der Waals surface area contributed by atoms with Crippen molar-refractivity contribution < 1.29 is 14.6 Å². The first-order valence-corrected chi connectivity index (χ1v) is 3.67. The fourth-order valence-corrected chi connectivity index (χ4v) is 0.785. The van der Waals surface area contributed by atoms with E-state index in [-0.39, 0.29) is 7.62 Å². The molecular formula is C6H14BNO3. The van der Waals surface area contributed by atoms with E-state index in [4.69, 9.17) is 9.76 Å². The average Bonchev–Trinajstić information content (AvgIpc) is 1.97. The summed E-state index contributed by atoms with van der Waals surface area (Å²) in [7, 11) is 1.81. The third kappa shape index (κ3) is 4.81. The van der Waals surface area contributed by atoms with E-state index in [1.165, 1.54) is 7.11 Å². The van der Waals surface area contributed by atoms with E-state index in [0.29, 0.717) is 6.42 Å². The monoisotopic (exact) mass is 159 g/mol. The summed E-state index contributed by atoms with van der Waals surface area (Å²) in [4.78, 5) is 10.5. The Balaban J connectivity index is 3.60. The van der Waals surface area contributed by atoms with Gasteiger partial charge in [0.25, 0.3) is 0 Å². The van der Waals surface area contributed by atoms with Gasteiger partial charge in [0.2, 0.25) is 0 Å². The number of carbonyl (C=O) groups is 1. The van der Waals surface area contributed by atoms with Gasteiger partial charge in [-0.05, 0) is 6.42 Å². The normalized spacial score (nSPS) is 12.5. The molecule has 0 aliphatic rings. The summed E-state index contributed by atoms with van der Waals surface area (Å²) in [6.07, 6.45) is 1.49. The van der Waals surface area contributed by atoms with Crippen LogP contribution in [0.1, 0.15) is 19.8 Å². The Morgan fingerprint density at radius 2 is 2.45 bits per heavy atom. The summed E-state index contributed by atoms with van der Waals surface area (Å²) in [6, 6.07) is -0.472. The molecule has 0 fully saturated rings. The molecular weight excluding hydrogens is 145 g/mol. The predicted octanol–water partition coefficient (Wildman–Crippen LogP) is -0.258. The highest BCUT2D eigenvalue weighted by molar-refractivity contribution is 6.24. The highest BCUT2D eigenvalue weighted by Crippen LogP contribution is 1.95. The van der Waals surface area contributed by atoms with Crippen molar-refractivity contribution in [3.8, 4) is 0 Å². The molecule has 0 amide bonds. The third-order valence-electron chi connectivity index (χ3n) is 1.35. The number of nitrogens with one attached hydrogen (secondary N) is 1. The molecule has 0 rings (SSSR count). The zero-order valence-electron chi connectivity index (χ0n) is 6.96. The first-order chi connectivity index (χ1) is 5.22. The molecule has 0 spiro atoms. The molecule has 11 heavy (non-hydrogen) atoms. The second-order valence-electron chi connectivity index (χ2n) is 2.32. The molecule has 0 radical (unpaired) electrons. The van der Waals surface area contributed by atoms with Gasteiger partial charge < -0.3 is 15.0 Å². The second-order valence-corrected chi connectivity index (χ2v) is 2.32. The maximum Gasteiger partial charge on any atom is 0.361 e. The van der Waals surface area contributed by atoms with Crippen LogP contribution < -0.4 is 5.23 Å². The summed E-state index contributed by atoms with van der Waals surface area (Å²) in [6.45, 7) is 1.95. The highest BCUT2D eigenvalue weighted by atomic mass is 16.4. The van der Waals surface area contributed by atoms with Gasteiger partial charge in [-0.3, -0.25) is 4.79 Å². The van der Waals surface area contributed by atoms with Crippen LogP contribution in [0.15, 0.2) is 0 Å². The fourth-order valence-electron chi connectivity index (χ4n) is 0.785. The van der Waals surface area contributed by atoms with Gasteiger partial charge in [-0.15, -0.1) is 0 Å². The lowest BCUT2D eigenvalue weighted by Crippen LogP contribution is -2.39. The average molecular weight is 159 g/mol.